The standard InChI is InChI=1S/C16H14N2O3S/c1-20-12-8-11-14(9-13(12)21-2)22-16(18-15(11)19)17-10-6-4-3-5-7-10/h3-9H,1-2H3,(H,17,18,19). The summed E-state index contributed by atoms with van der Waals surface area (Å²) in [5, 5.41) is 4.19. The summed E-state index contributed by atoms with van der Waals surface area (Å²) in [6.45, 7) is 0. The molecule has 3 aromatic rings. The summed E-state index contributed by atoms with van der Waals surface area (Å²) < 4.78 is 11.3. The number of methoxy groups -OCH3 is 2. The van der Waals surface area contributed by atoms with Crippen LogP contribution in [0.25, 0.3) is 10.1 Å². The molecule has 0 aliphatic rings. The number of rotatable bonds is 4. The molecule has 0 atom stereocenters. The van der Waals surface area contributed by atoms with E-state index in [-0.39, 0.29) is 5.56 Å². The Labute approximate surface area is 131 Å². The predicted molar refractivity (Wildman–Crippen MR) is 88.7 cm³/mol. The highest BCUT2D eigenvalue weighted by Crippen LogP contribution is 2.34. The Bertz CT molecular complexity index is 862. The van der Waals surface area contributed by atoms with E-state index in [4.69, 9.17) is 9.47 Å². The largest absolute Gasteiger partial charge is 0.493 e. The third kappa shape index (κ3) is 2.73. The first-order valence-electron chi connectivity index (χ1n) is 6.60. The van der Waals surface area contributed by atoms with Crippen molar-refractivity contribution in [3.63, 3.8) is 0 Å². The summed E-state index contributed by atoms with van der Waals surface area (Å²) in [7, 11) is 3.10. The molecule has 0 saturated carbocycles. The van der Waals surface area contributed by atoms with Gasteiger partial charge in [-0.05, 0) is 18.2 Å². The number of fused-ring (bicyclic) bond motifs is 1. The van der Waals surface area contributed by atoms with Gasteiger partial charge in [-0.3, -0.25) is 4.79 Å². The number of aromatic nitrogens is 1. The molecule has 112 valence electrons. The molecule has 1 aromatic heterocycles. The molecular weight excluding hydrogens is 300 g/mol. The Morgan fingerprint density at radius 3 is 2.41 bits per heavy atom. The number of para-hydroxylation sites is 1. The summed E-state index contributed by atoms with van der Waals surface area (Å²) in [5.41, 5.74) is 0.582. The smallest absolute Gasteiger partial charge is 0.281 e. The SMILES string of the molecule is COc1cc2sc(Nc3ccccc3)nc(=O)c2cc1OC. The van der Waals surface area contributed by atoms with Crippen LogP contribution in [0.5, 0.6) is 11.5 Å². The molecule has 2 aromatic carbocycles. The predicted octanol–water partition coefficient (Wildman–Crippen LogP) is 3.42. The fourth-order valence-electron chi connectivity index (χ4n) is 2.09. The monoisotopic (exact) mass is 314 g/mol. The molecule has 0 aliphatic heterocycles. The molecule has 6 heteroatoms. The molecule has 0 radical (unpaired) electrons. The van der Waals surface area contributed by atoms with Crippen molar-refractivity contribution in [1.82, 2.24) is 4.98 Å². The van der Waals surface area contributed by atoms with Crippen LogP contribution in [-0.2, 0) is 0 Å². The van der Waals surface area contributed by atoms with Crippen molar-refractivity contribution >= 4 is 32.2 Å². The van der Waals surface area contributed by atoms with Gasteiger partial charge in [-0.15, -0.1) is 0 Å². The van der Waals surface area contributed by atoms with Crippen LogP contribution in [0.2, 0.25) is 0 Å². The van der Waals surface area contributed by atoms with Gasteiger partial charge in [-0.2, -0.15) is 4.98 Å². The lowest BCUT2D eigenvalue weighted by Gasteiger charge is -2.09. The molecule has 0 spiro atoms. The van der Waals surface area contributed by atoms with Crippen molar-refractivity contribution in [1.29, 1.82) is 0 Å². The average Bonchev–Trinajstić information content (AvgIpc) is 2.54. The number of nitrogens with zero attached hydrogens (tertiary/aromatic N) is 1. The van der Waals surface area contributed by atoms with E-state index in [1.165, 1.54) is 18.4 Å². The van der Waals surface area contributed by atoms with Gasteiger partial charge in [0.15, 0.2) is 16.6 Å². The molecule has 0 saturated heterocycles. The van der Waals surface area contributed by atoms with E-state index in [2.05, 4.69) is 10.3 Å². The number of hydrogen-bond donors (Lipinski definition) is 1. The van der Waals surface area contributed by atoms with Crippen LogP contribution >= 0.6 is 11.3 Å². The highest BCUT2D eigenvalue weighted by molar-refractivity contribution is 7.21. The van der Waals surface area contributed by atoms with Crippen LogP contribution in [0.3, 0.4) is 0 Å². The van der Waals surface area contributed by atoms with Crippen molar-refractivity contribution in [2.75, 3.05) is 19.5 Å². The first-order valence-corrected chi connectivity index (χ1v) is 7.42. The number of ether oxygens (including phenoxy) is 2. The summed E-state index contributed by atoms with van der Waals surface area (Å²) >= 11 is 1.39. The zero-order chi connectivity index (χ0) is 15.5. The van der Waals surface area contributed by atoms with E-state index >= 15 is 0 Å². The Kier molecular flexibility index (Phi) is 3.93. The Hall–Kier alpha value is -2.60. The molecule has 1 N–H and O–H groups in total. The van der Waals surface area contributed by atoms with E-state index in [0.29, 0.717) is 22.0 Å². The number of benzene rings is 2. The summed E-state index contributed by atoms with van der Waals surface area (Å²) in [6.07, 6.45) is 0. The molecule has 22 heavy (non-hydrogen) atoms. The van der Waals surface area contributed by atoms with Crippen LogP contribution in [-0.4, -0.2) is 19.2 Å². The lowest BCUT2D eigenvalue weighted by atomic mass is 10.2. The highest BCUT2D eigenvalue weighted by Gasteiger charge is 2.11. The number of hydrogen-bond acceptors (Lipinski definition) is 6. The van der Waals surface area contributed by atoms with Gasteiger partial charge >= 0.3 is 0 Å². The molecule has 0 unspecified atom stereocenters. The minimum absolute atomic E-state index is 0.298. The molecule has 0 bridgehead atoms. The second kappa shape index (κ2) is 6.03. The first kappa shape index (κ1) is 14.3. The molecule has 1 heterocycles. The second-order valence-electron chi connectivity index (χ2n) is 4.52. The summed E-state index contributed by atoms with van der Waals surface area (Å²) in [6, 6.07) is 13.0. The van der Waals surface area contributed by atoms with Crippen LogP contribution < -0.4 is 20.3 Å². The van der Waals surface area contributed by atoms with E-state index in [1.807, 2.05) is 30.3 Å². The summed E-state index contributed by atoms with van der Waals surface area (Å²) in [4.78, 5) is 16.3. The Morgan fingerprint density at radius 2 is 1.73 bits per heavy atom. The van der Waals surface area contributed by atoms with Gasteiger partial charge in [0.25, 0.3) is 5.56 Å². The van der Waals surface area contributed by atoms with Gasteiger partial charge in [0, 0.05) is 16.5 Å². The zero-order valence-electron chi connectivity index (χ0n) is 12.1. The molecule has 3 rings (SSSR count). The van der Waals surface area contributed by atoms with Gasteiger partial charge in [0.1, 0.15) is 0 Å². The number of anilines is 2. The number of nitrogens with one attached hydrogen (secondary N) is 1. The van der Waals surface area contributed by atoms with Crippen LogP contribution in [0, 0.1) is 0 Å². The lowest BCUT2D eigenvalue weighted by Crippen LogP contribution is -2.08. The normalized spacial score (nSPS) is 10.5. The van der Waals surface area contributed by atoms with Crippen molar-refractivity contribution in [3.8, 4) is 11.5 Å². The topological polar surface area (TPSA) is 60.5 Å². The van der Waals surface area contributed by atoms with Crippen LogP contribution in [0.1, 0.15) is 0 Å². The van der Waals surface area contributed by atoms with E-state index in [9.17, 15) is 4.79 Å². The van der Waals surface area contributed by atoms with Gasteiger partial charge < -0.3 is 14.8 Å². The minimum Gasteiger partial charge on any atom is -0.493 e. The van der Waals surface area contributed by atoms with Gasteiger partial charge in [-0.25, -0.2) is 0 Å². The zero-order valence-corrected chi connectivity index (χ0v) is 12.9. The summed E-state index contributed by atoms with van der Waals surface area (Å²) in [5.74, 6) is 1.10. The van der Waals surface area contributed by atoms with Gasteiger partial charge in [-0.1, -0.05) is 29.5 Å². The lowest BCUT2D eigenvalue weighted by molar-refractivity contribution is 0.356. The second-order valence-corrected chi connectivity index (χ2v) is 5.55. The third-order valence-electron chi connectivity index (χ3n) is 3.15. The van der Waals surface area contributed by atoms with E-state index in [1.54, 1.807) is 19.2 Å². The van der Waals surface area contributed by atoms with Crippen molar-refractivity contribution < 1.29 is 9.47 Å². The van der Waals surface area contributed by atoms with Gasteiger partial charge in [0.2, 0.25) is 0 Å². The van der Waals surface area contributed by atoms with E-state index < -0.39 is 0 Å². The van der Waals surface area contributed by atoms with Crippen molar-refractivity contribution in [2.24, 2.45) is 0 Å². The third-order valence-corrected chi connectivity index (χ3v) is 4.10. The molecule has 5 nitrogen and oxygen atoms in total. The highest BCUT2D eigenvalue weighted by atomic mass is 32.1. The fraction of sp³-hybridized carbons (Fsp3) is 0.125. The van der Waals surface area contributed by atoms with Gasteiger partial charge in [0.05, 0.1) is 19.6 Å². The first-order chi connectivity index (χ1) is 10.7. The Morgan fingerprint density at radius 1 is 1.05 bits per heavy atom. The van der Waals surface area contributed by atoms with Crippen molar-refractivity contribution in [2.45, 2.75) is 0 Å². The van der Waals surface area contributed by atoms with Crippen LogP contribution in [0.15, 0.2) is 47.3 Å². The Balaban J connectivity index is 2.09. The molecule has 0 aliphatic carbocycles. The van der Waals surface area contributed by atoms with Crippen molar-refractivity contribution in [3.05, 3.63) is 52.8 Å². The fourth-order valence-corrected chi connectivity index (χ4v) is 3.02. The van der Waals surface area contributed by atoms with Crippen LogP contribution in [0.4, 0.5) is 10.8 Å². The average molecular weight is 314 g/mol. The molecule has 0 fully saturated rings. The molecular formula is C16H14N2O3S. The maximum Gasteiger partial charge on any atom is 0.281 e. The maximum atomic E-state index is 12.2. The molecule has 0 amide bonds. The minimum atomic E-state index is -0.298. The van der Waals surface area contributed by atoms with E-state index in [0.717, 1.165) is 10.4 Å². The maximum absolute atomic E-state index is 12.2. The quantitative estimate of drug-likeness (QED) is 0.799.